The maximum atomic E-state index is 14.4. The molecule has 1 amide bonds. The molecule has 0 bridgehead atoms. The zero-order valence-corrected chi connectivity index (χ0v) is 34.7. The van der Waals surface area contributed by atoms with E-state index < -0.39 is 24.0 Å². The molecule has 0 saturated heterocycles. The van der Waals surface area contributed by atoms with E-state index in [0.717, 1.165) is 33.5 Å². The van der Waals surface area contributed by atoms with Crippen molar-refractivity contribution in [3.63, 3.8) is 0 Å². The number of nitrogens with one attached hydrogen (secondary N) is 1. The van der Waals surface area contributed by atoms with Gasteiger partial charge in [0, 0.05) is 23.5 Å². The molecule has 5 rings (SSSR count). The monoisotopic (exact) mass is 790 g/mol. The summed E-state index contributed by atoms with van der Waals surface area (Å²) in [7, 11) is 3.01. The molecule has 0 aliphatic rings. The lowest BCUT2D eigenvalue weighted by Crippen LogP contribution is -2.24. The van der Waals surface area contributed by atoms with Crippen molar-refractivity contribution in [3.05, 3.63) is 130 Å². The molecule has 2 atom stereocenters. The Balaban J connectivity index is 1.44. The van der Waals surface area contributed by atoms with Gasteiger partial charge in [-0.1, -0.05) is 74.0 Å². The molecule has 58 heavy (non-hydrogen) atoms. The Morgan fingerprint density at radius 2 is 1.41 bits per heavy atom. The lowest BCUT2D eigenvalue weighted by molar-refractivity contribution is -0.137. The molecular formula is C48H55FN2O7. The molecule has 0 aliphatic carbocycles. The van der Waals surface area contributed by atoms with Crippen LogP contribution in [0.15, 0.2) is 96.6 Å². The lowest BCUT2D eigenvalue weighted by atomic mass is 9.94. The summed E-state index contributed by atoms with van der Waals surface area (Å²) in [6.45, 7) is 12.1. The lowest BCUT2D eigenvalue weighted by Gasteiger charge is -2.22. The van der Waals surface area contributed by atoms with Crippen molar-refractivity contribution in [1.82, 2.24) is 4.57 Å². The molecule has 0 fully saturated rings. The Labute approximate surface area is 341 Å². The van der Waals surface area contributed by atoms with E-state index in [1.165, 1.54) is 26.4 Å². The van der Waals surface area contributed by atoms with Gasteiger partial charge in [-0.3, -0.25) is 9.59 Å². The van der Waals surface area contributed by atoms with Gasteiger partial charge in [0.15, 0.2) is 11.5 Å². The van der Waals surface area contributed by atoms with Crippen LogP contribution in [0.3, 0.4) is 0 Å². The van der Waals surface area contributed by atoms with Crippen LogP contribution in [-0.4, -0.2) is 53.1 Å². The summed E-state index contributed by atoms with van der Waals surface area (Å²) in [5, 5.41) is 25.5. The first kappa shape index (κ1) is 43.4. The molecule has 10 heteroatoms. The van der Waals surface area contributed by atoms with E-state index in [-0.39, 0.29) is 49.1 Å². The van der Waals surface area contributed by atoms with Crippen LogP contribution in [0, 0.1) is 19.7 Å². The fourth-order valence-corrected chi connectivity index (χ4v) is 7.51. The number of methoxy groups -OCH3 is 2. The minimum absolute atomic E-state index is 0.106. The van der Waals surface area contributed by atoms with Gasteiger partial charge in [0.1, 0.15) is 5.82 Å². The minimum Gasteiger partial charge on any atom is -0.492 e. The van der Waals surface area contributed by atoms with Crippen molar-refractivity contribution in [3.8, 4) is 39.6 Å². The van der Waals surface area contributed by atoms with Crippen LogP contribution in [0.5, 0.6) is 17.2 Å². The van der Waals surface area contributed by atoms with Crippen molar-refractivity contribution in [2.24, 2.45) is 0 Å². The average Bonchev–Trinajstić information content (AvgIpc) is 3.54. The third kappa shape index (κ3) is 10.0. The first-order valence-electron chi connectivity index (χ1n) is 19.6. The molecule has 3 N–H and O–H groups in total. The van der Waals surface area contributed by atoms with Crippen LogP contribution in [-0.2, 0) is 17.8 Å². The van der Waals surface area contributed by atoms with Crippen LogP contribution in [0.1, 0.15) is 85.6 Å². The normalized spacial score (nSPS) is 12.2. The molecule has 306 valence electrons. The fraction of sp³-hybridized carbons (Fsp3) is 0.333. The number of aromatic nitrogens is 1. The van der Waals surface area contributed by atoms with Crippen LogP contribution < -0.4 is 19.5 Å². The van der Waals surface area contributed by atoms with E-state index in [1.807, 2.05) is 107 Å². The molecule has 4 aromatic carbocycles. The largest absolute Gasteiger partial charge is 0.492 e. The summed E-state index contributed by atoms with van der Waals surface area (Å²) < 4.78 is 33.5. The highest BCUT2D eigenvalue weighted by Crippen LogP contribution is 2.46. The van der Waals surface area contributed by atoms with Gasteiger partial charge in [0.25, 0.3) is 5.91 Å². The molecule has 2 unspecified atom stereocenters. The van der Waals surface area contributed by atoms with Crippen molar-refractivity contribution >= 4 is 17.6 Å². The number of esters is 1. The molecule has 0 spiro atoms. The second kappa shape index (κ2) is 19.6. The topological polar surface area (TPSA) is 119 Å². The quantitative estimate of drug-likeness (QED) is 0.0488. The van der Waals surface area contributed by atoms with Gasteiger partial charge < -0.3 is 34.3 Å². The second-order valence-corrected chi connectivity index (χ2v) is 15.1. The fourth-order valence-electron chi connectivity index (χ4n) is 7.51. The van der Waals surface area contributed by atoms with Crippen molar-refractivity contribution in [2.75, 3.05) is 19.5 Å². The van der Waals surface area contributed by atoms with E-state index in [9.17, 15) is 24.2 Å². The highest BCUT2D eigenvalue weighted by molar-refractivity contribution is 6.12. The third-order valence-corrected chi connectivity index (χ3v) is 10.3. The average molecular weight is 791 g/mol. The van der Waals surface area contributed by atoms with E-state index >= 15 is 0 Å². The summed E-state index contributed by atoms with van der Waals surface area (Å²) in [4.78, 5) is 27.7. The number of benzene rings is 4. The first-order chi connectivity index (χ1) is 27.7. The summed E-state index contributed by atoms with van der Waals surface area (Å²) in [5.74, 6) is -0.544. The second-order valence-electron chi connectivity index (χ2n) is 15.1. The Morgan fingerprint density at radius 3 is 2.00 bits per heavy atom. The number of rotatable bonds is 17. The standard InChI is InChI=1S/C48H55FN2O7/c1-29(2)19-24-39-31(5)45(56-7)47(57-8)46(32(39)6)58-40(54)28-38(53)27-37(52)25-26-51-43(30(3)4)42(48(55)50-36-17-13-10-14-18-36)41(33-15-11-9-12-16-33)44(51)34-20-22-35(49)23-21-34/h9-23,30,37-38,52-53H,24-28H2,1-8H3,(H,50,55). The summed E-state index contributed by atoms with van der Waals surface area (Å²) in [5.41, 5.74) is 8.43. The molecule has 5 aromatic rings. The van der Waals surface area contributed by atoms with Gasteiger partial charge in [0.2, 0.25) is 5.75 Å². The van der Waals surface area contributed by atoms with Gasteiger partial charge in [-0.25, -0.2) is 4.39 Å². The van der Waals surface area contributed by atoms with Crippen LogP contribution in [0.25, 0.3) is 22.4 Å². The molecule has 9 nitrogen and oxygen atoms in total. The van der Waals surface area contributed by atoms with Gasteiger partial charge in [-0.05, 0) is 117 Å². The summed E-state index contributed by atoms with van der Waals surface area (Å²) in [6, 6.07) is 25.0. The number of anilines is 1. The SMILES string of the molecule is COc1c(C)c(CC=C(C)C)c(C)c(OC(=O)CC(O)CC(O)CCn2c(-c3ccc(F)cc3)c(-c3ccccc3)c(C(=O)Nc3ccccc3)c2C(C)C)c1OC. The zero-order valence-electron chi connectivity index (χ0n) is 34.7. The van der Waals surface area contributed by atoms with Gasteiger partial charge in [-0.15, -0.1) is 0 Å². The highest BCUT2D eigenvalue weighted by atomic mass is 19.1. The number of allylic oxidation sites excluding steroid dienone is 2. The number of para-hydroxylation sites is 1. The smallest absolute Gasteiger partial charge is 0.313 e. The Bertz CT molecular complexity index is 2220. The van der Waals surface area contributed by atoms with Crippen molar-refractivity contribution in [1.29, 1.82) is 0 Å². The number of aliphatic hydroxyl groups is 2. The number of aliphatic hydroxyl groups excluding tert-OH is 2. The van der Waals surface area contributed by atoms with Crippen molar-refractivity contribution < 1.29 is 38.4 Å². The first-order valence-corrected chi connectivity index (χ1v) is 19.6. The third-order valence-electron chi connectivity index (χ3n) is 10.3. The number of amides is 1. The Kier molecular flexibility index (Phi) is 14.7. The Hall–Kier alpha value is -5.71. The molecule has 1 aromatic heterocycles. The number of carbonyl (C=O) groups excluding carboxylic acids is 2. The maximum Gasteiger partial charge on any atom is 0.313 e. The minimum atomic E-state index is -1.22. The molecule has 0 radical (unpaired) electrons. The van der Waals surface area contributed by atoms with Crippen LogP contribution in [0.2, 0.25) is 0 Å². The molecule has 0 aliphatic heterocycles. The van der Waals surface area contributed by atoms with Gasteiger partial charge in [0.05, 0.1) is 44.1 Å². The Morgan fingerprint density at radius 1 is 0.810 bits per heavy atom. The van der Waals surface area contributed by atoms with E-state index in [4.69, 9.17) is 14.2 Å². The van der Waals surface area contributed by atoms with Gasteiger partial charge >= 0.3 is 5.97 Å². The number of carbonyl (C=O) groups is 2. The van der Waals surface area contributed by atoms with E-state index in [0.29, 0.717) is 40.2 Å². The molecule has 1 heterocycles. The maximum absolute atomic E-state index is 14.4. The van der Waals surface area contributed by atoms with Crippen LogP contribution >= 0.6 is 0 Å². The molecule has 0 saturated carbocycles. The summed E-state index contributed by atoms with van der Waals surface area (Å²) >= 11 is 0. The number of hydrogen-bond donors (Lipinski definition) is 3. The highest BCUT2D eigenvalue weighted by Gasteiger charge is 2.31. The zero-order chi connectivity index (χ0) is 42.1. The number of halogens is 1. The predicted molar refractivity (Wildman–Crippen MR) is 227 cm³/mol. The van der Waals surface area contributed by atoms with Crippen molar-refractivity contribution in [2.45, 2.75) is 91.9 Å². The van der Waals surface area contributed by atoms with Gasteiger partial charge in [-0.2, -0.15) is 0 Å². The molecular weight excluding hydrogens is 736 g/mol. The number of hydrogen-bond acceptors (Lipinski definition) is 7. The van der Waals surface area contributed by atoms with E-state index in [2.05, 4.69) is 11.4 Å². The predicted octanol–water partition coefficient (Wildman–Crippen LogP) is 9.98. The number of nitrogens with zero attached hydrogens (tertiary/aromatic N) is 1. The van der Waals surface area contributed by atoms with E-state index in [1.54, 1.807) is 12.1 Å². The number of ether oxygens (including phenoxy) is 3. The summed E-state index contributed by atoms with van der Waals surface area (Å²) in [6.07, 6.45) is 0.145. The van der Waals surface area contributed by atoms with Crippen LogP contribution in [0.4, 0.5) is 10.1 Å².